The number of nitrogens with one attached hydrogen (secondary N) is 2. The average Bonchev–Trinajstić information content (AvgIpc) is 2.85. The monoisotopic (exact) mass is 549 g/mol. The quantitative estimate of drug-likeness (QED) is 0.124. The normalized spacial score (nSPS) is 11.4. The van der Waals surface area contributed by atoms with Gasteiger partial charge in [0, 0.05) is 37.9 Å². The van der Waals surface area contributed by atoms with Crippen molar-refractivity contribution in [1.29, 1.82) is 0 Å². The van der Waals surface area contributed by atoms with Crippen LogP contribution in [0.25, 0.3) is 0 Å². The molecule has 13 nitrogen and oxygen atoms in total. The maximum absolute atomic E-state index is 12.3. The van der Waals surface area contributed by atoms with E-state index >= 15 is 0 Å². The molecule has 0 spiro atoms. The summed E-state index contributed by atoms with van der Waals surface area (Å²) in [6.45, 7) is 7.47. The standard InChI is InChI=1S/C23H39N3O10S/c1-3-4-12-36-23(27)24-8-13-32-10-5-11-33-15-17-35-18-16-34-14-9-25-37(30,31)21-6-7-22(26(28)29)20(2)19-21/h6-7,19,25H,3-5,8-18H2,1-2H3,(H,24,27). The number of rotatable bonds is 22. The fraction of sp³-hybridized carbons (Fsp3) is 0.696. The second-order valence-corrected chi connectivity index (χ2v) is 9.59. The zero-order chi connectivity index (χ0) is 27.4. The van der Waals surface area contributed by atoms with E-state index in [0.29, 0.717) is 59.4 Å². The van der Waals surface area contributed by atoms with E-state index in [0.717, 1.165) is 19.3 Å². The van der Waals surface area contributed by atoms with Gasteiger partial charge < -0.3 is 29.0 Å². The first kappa shape index (κ1) is 32.7. The molecule has 212 valence electrons. The third kappa shape index (κ3) is 15.5. The number of aryl methyl sites for hydroxylation is 1. The summed E-state index contributed by atoms with van der Waals surface area (Å²) >= 11 is 0. The van der Waals surface area contributed by atoms with E-state index < -0.39 is 21.0 Å². The van der Waals surface area contributed by atoms with Gasteiger partial charge in [-0.25, -0.2) is 17.9 Å². The van der Waals surface area contributed by atoms with Crippen molar-refractivity contribution in [3.63, 3.8) is 0 Å². The Hall–Kier alpha value is -2.36. The first-order chi connectivity index (χ1) is 17.8. The molecule has 0 aliphatic carbocycles. The summed E-state index contributed by atoms with van der Waals surface area (Å²) in [5, 5.41) is 13.5. The lowest BCUT2D eigenvalue weighted by Crippen LogP contribution is -2.28. The number of benzene rings is 1. The second-order valence-electron chi connectivity index (χ2n) is 7.82. The predicted octanol–water partition coefficient (Wildman–Crippen LogP) is 2.16. The van der Waals surface area contributed by atoms with Crippen LogP contribution in [0, 0.1) is 17.0 Å². The summed E-state index contributed by atoms with van der Waals surface area (Å²) in [4.78, 5) is 21.6. The lowest BCUT2D eigenvalue weighted by atomic mass is 10.2. The predicted molar refractivity (Wildman–Crippen MR) is 135 cm³/mol. The van der Waals surface area contributed by atoms with Crippen LogP contribution in [-0.2, 0) is 33.7 Å². The summed E-state index contributed by atoms with van der Waals surface area (Å²) in [6.07, 6.45) is 2.12. The van der Waals surface area contributed by atoms with E-state index in [1.807, 2.05) is 6.92 Å². The van der Waals surface area contributed by atoms with Crippen LogP contribution in [0.4, 0.5) is 10.5 Å². The Bertz CT molecular complexity index is 899. The van der Waals surface area contributed by atoms with E-state index in [2.05, 4.69) is 10.0 Å². The average molecular weight is 550 g/mol. The number of carbonyl (C=O) groups excluding carboxylic acids is 1. The van der Waals surface area contributed by atoms with Crippen molar-refractivity contribution in [3.05, 3.63) is 33.9 Å². The van der Waals surface area contributed by atoms with Crippen molar-refractivity contribution in [3.8, 4) is 0 Å². The summed E-state index contributed by atoms with van der Waals surface area (Å²) in [7, 11) is -3.78. The molecule has 1 aromatic rings. The lowest BCUT2D eigenvalue weighted by molar-refractivity contribution is -0.385. The van der Waals surface area contributed by atoms with Gasteiger partial charge in [-0.05, 0) is 31.9 Å². The molecule has 0 heterocycles. The first-order valence-corrected chi connectivity index (χ1v) is 13.7. The van der Waals surface area contributed by atoms with Crippen molar-refractivity contribution in [2.45, 2.75) is 38.0 Å². The van der Waals surface area contributed by atoms with Gasteiger partial charge in [0.05, 0.1) is 56.1 Å². The molecule has 0 unspecified atom stereocenters. The molecule has 0 fully saturated rings. The highest BCUT2D eigenvalue weighted by Crippen LogP contribution is 2.21. The van der Waals surface area contributed by atoms with Crippen molar-refractivity contribution in [1.82, 2.24) is 10.0 Å². The maximum Gasteiger partial charge on any atom is 0.407 e. The molecule has 2 N–H and O–H groups in total. The Balaban J connectivity index is 1.92. The van der Waals surface area contributed by atoms with Gasteiger partial charge in [0.25, 0.3) is 5.69 Å². The van der Waals surface area contributed by atoms with Crippen molar-refractivity contribution in [2.24, 2.45) is 0 Å². The third-order valence-corrected chi connectivity index (χ3v) is 6.24. The molecular weight excluding hydrogens is 510 g/mol. The van der Waals surface area contributed by atoms with Crippen molar-refractivity contribution >= 4 is 21.8 Å². The number of nitro benzene ring substituents is 1. The van der Waals surface area contributed by atoms with E-state index in [-0.39, 0.29) is 29.3 Å². The molecule has 0 saturated carbocycles. The summed E-state index contributed by atoms with van der Waals surface area (Å²) in [5.74, 6) is 0. The number of unbranched alkanes of at least 4 members (excludes halogenated alkanes) is 1. The van der Waals surface area contributed by atoms with E-state index in [1.165, 1.54) is 25.1 Å². The molecule has 0 atom stereocenters. The fourth-order valence-electron chi connectivity index (χ4n) is 2.82. The fourth-order valence-corrected chi connectivity index (χ4v) is 3.92. The van der Waals surface area contributed by atoms with Crippen LogP contribution < -0.4 is 10.0 Å². The number of hydrogen-bond acceptors (Lipinski definition) is 10. The topological polar surface area (TPSA) is 165 Å². The zero-order valence-electron chi connectivity index (χ0n) is 21.6. The summed E-state index contributed by atoms with van der Waals surface area (Å²) in [6, 6.07) is 3.63. The first-order valence-electron chi connectivity index (χ1n) is 12.2. The van der Waals surface area contributed by atoms with Gasteiger partial charge in [-0.1, -0.05) is 13.3 Å². The Morgan fingerprint density at radius 3 is 2.11 bits per heavy atom. The summed E-state index contributed by atoms with van der Waals surface area (Å²) in [5.41, 5.74) is 0.133. The van der Waals surface area contributed by atoms with Crippen LogP contribution in [0.3, 0.4) is 0 Å². The zero-order valence-corrected chi connectivity index (χ0v) is 22.4. The number of alkyl carbamates (subject to hydrolysis) is 1. The van der Waals surface area contributed by atoms with Crippen LogP contribution in [0.1, 0.15) is 31.7 Å². The molecule has 37 heavy (non-hydrogen) atoms. The van der Waals surface area contributed by atoms with Gasteiger partial charge in [0.15, 0.2) is 0 Å². The van der Waals surface area contributed by atoms with Crippen LogP contribution >= 0.6 is 0 Å². The highest BCUT2D eigenvalue weighted by Gasteiger charge is 2.18. The van der Waals surface area contributed by atoms with E-state index in [4.69, 9.17) is 23.7 Å². The van der Waals surface area contributed by atoms with Crippen LogP contribution in [-0.4, -0.2) is 92.0 Å². The highest BCUT2D eigenvalue weighted by molar-refractivity contribution is 7.89. The van der Waals surface area contributed by atoms with Gasteiger partial charge in [-0.2, -0.15) is 0 Å². The molecule has 1 amide bonds. The molecule has 0 aromatic heterocycles. The van der Waals surface area contributed by atoms with Crippen molar-refractivity contribution in [2.75, 3.05) is 72.6 Å². The highest BCUT2D eigenvalue weighted by atomic mass is 32.2. The number of ether oxygens (including phenoxy) is 5. The number of nitro groups is 1. The molecule has 0 radical (unpaired) electrons. The van der Waals surface area contributed by atoms with Gasteiger partial charge in [0.2, 0.25) is 10.0 Å². The van der Waals surface area contributed by atoms with Gasteiger partial charge in [0.1, 0.15) is 0 Å². The van der Waals surface area contributed by atoms with E-state index in [1.54, 1.807) is 0 Å². The Labute approximate surface area is 218 Å². The SMILES string of the molecule is CCCCOC(=O)NCCOCCCOCCOCCOCCNS(=O)(=O)c1ccc([N+](=O)[O-])c(C)c1. The van der Waals surface area contributed by atoms with Crippen molar-refractivity contribution < 1.29 is 41.8 Å². The summed E-state index contributed by atoms with van der Waals surface area (Å²) < 4.78 is 53.5. The van der Waals surface area contributed by atoms with E-state index in [9.17, 15) is 23.3 Å². The minimum absolute atomic E-state index is 0.0396. The molecule has 0 saturated heterocycles. The molecule has 0 aliphatic heterocycles. The molecule has 0 bridgehead atoms. The molecule has 14 heteroatoms. The Kier molecular flexibility index (Phi) is 17.4. The molecular formula is C23H39N3O10S. The lowest BCUT2D eigenvalue weighted by Gasteiger charge is -2.09. The van der Waals surface area contributed by atoms with Gasteiger partial charge >= 0.3 is 6.09 Å². The molecule has 0 aliphatic rings. The van der Waals surface area contributed by atoms with Crippen LogP contribution in [0.5, 0.6) is 0 Å². The van der Waals surface area contributed by atoms with Gasteiger partial charge in [-0.15, -0.1) is 0 Å². The third-order valence-electron chi connectivity index (χ3n) is 4.78. The second kappa shape index (κ2) is 19.7. The molecule has 1 rings (SSSR count). The van der Waals surface area contributed by atoms with Gasteiger partial charge in [-0.3, -0.25) is 10.1 Å². The van der Waals surface area contributed by atoms with Crippen LogP contribution in [0.2, 0.25) is 0 Å². The smallest absolute Gasteiger partial charge is 0.407 e. The minimum Gasteiger partial charge on any atom is -0.450 e. The maximum atomic E-state index is 12.3. The largest absolute Gasteiger partial charge is 0.450 e. The Morgan fingerprint density at radius 2 is 1.49 bits per heavy atom. The number of sulfonamides is 1. The number of carbonyl (C=O) groups is 1. The Morgan fingerprint density at radius 1 is 0.892 bits per heavy atom. The number of hydrogen-bond donors (Lipinski definition) is 2. The number of amides is 1. The van der Waals surface area contributed by atoms with Crippen LogP contribution in [0.15, 0.2) is 23.1 Å². The minimum atomic E-state index is -3.78. The molecule has 1 aromatic carbocycles. The number of nitrogens with zero attached hydrogens (tertiary/aromatic N) is 1.